The highest BCUT2D eigenvalue weighted by atomic mass is 16.5. The molecule has 0 aromatic carbocycles. The minimum absolute atomic E-state index is 0.179. The largest absolute Gasteiger partial charge is 0.377 e. The van der Waals surface area contributed by atoms with Crippen molar-refractivity contribution < 1.29 is 9.53 Å². The van der Waals surface area contributed by atoms with Crippen LogP contribution in [0.15, 0.2) is 0 Å². The van der Waals surface area contributed by atoms with Gasteiger partial charge in [-0.05, 0) is 32.7 Å². The Labute approximate surface area is 98.3 Å². The second kappa shape index (κ2) is 6.86. The van der Waals surface area contributed by atoms with Crippen molar-refractivity contribution in [2.75, 3.05) is 27.2 Å². The Kier molecular flexibility index (Phi) is 5.77. The summed E-state index contributed by atoms with van der Waals surface area (Å²) in [7, 11) is 3.58. The molecule has 0 aliphatic carbocycles. The summed E-state index contributed by atoms with van der Waals surface area (Å²) in [5.41, 5.74) is 0. The molecule has 0 radical (unpaired) electrons. The highest BCUT2D eigenvalue weighted by molar-refractivity contribution is 5.75. The van der Waals surface area contributed by atoms with Crippen molar-refractivity contribution >= 4 is 5.91 Å². The van der Waals surface area contributed by atoms with Gasteiger partial charge < -0.3 is 15.0 Å². The number of hydrogen-bond acceptors (Lipinski definition) is 3. The Bertz CT molecular complexity index is 219. The number of rotatable bonds is 5. The van der Waals surface area contributed by atoms with E-state index in [-0.39, 0.29) is 5.91 Å². The molecule has 0 bridgehead atoms. The van der Waals surface area contributed by atoms with Crippen LogP contribution < -0.4 is 5.32 Å². The maximum absolute atomic E-state index is 11.3. The number of carbonyl (C=O) groups excluding carboxylic acids is 1. The van der Waals surface area contributed by atoms with Crippen LogP contribution in [0.4, 0.5) is 0 Å². The molecule has 0 spiro atoms. The third kappa shape index (κ3) is 4.49. The van der Waals surface area contributed by atoms with Crippen LogP contribution in [0.3, 0.4) is 0 Å². The zero-order valence-corrected chi connectivity index (χ0v) is 10.7. The zero-order chi connectivity index (χ0) is 12.0. The summed E-state index contributed by atoms with van der Waals surface area (Å²) in [6, 6.07) is 0.443. The topological polar surface area (TPSA) is 41.6 Å². The number of hydrogen-bond donors (Lipinski definition) is 1. The van der Waals surface area contributed by atoms with E-state index in [1.807, 2.05) is 0 Å². The van der Waals surface area contributed by atoms with Crippen molar-refractivity contribution in [3.05, 3.63) is 0 Å². The molecule has 1 saturated heterocycles. The van der Waals surface area contributed by atoms with Crippen molar-refractivity contribution in [1.29, 1.82) is 0 Å². The van der Waals surface area contributed by atoms with Gasteiger partial charge in [-0.1, -0.05) is 0 Å². The van der Waals surface area contributed by atoms with Crippen LogP contribution in [0.1, 0.15) is 32.6 Å². The standard InChI is InChI=1S/C12H24N2O2/c1-10-11(6-4-8-13-10)16-9-5-7-12(15)14(2)3/h10-11,13H,4-9H2,1-3H3. The molecule has 94 valence electrons. The van der Waals surface area contributed by atoms with E-state index in [2.05, 4.69) is 12.2 Å². The molecule has 1 N–H and O–H groups in total. The van der Waals surface area contributed by atoms with Gasteiger partial charge in [0.2, 0.25) is 5.91 Å². The first-order valence-corrected chi connectivity index (χ1v) is 6.16. The lowest BCUT2D eigenvalue weighted by atomic mass is 10.0. The Morgan fingerprint density at radius 2 is 2.25 bits per heavy atom. The van der Waals surface area contributed by atoms with E-state index >= 15 is 0 Å². The van der Waals surface area contributed by atoms with Crippen LogP contribution in [-0.4, -0.2) is 50.2 Å². The quantitative estimate of drug-likeness (QED) is 0.714. The van der Waals surface area contributed by atoms with E-state index in [0.29, 0.717) is 25.2 Å². The van der Waals surface area contributed by atoms with Crippen molar-refractivity contribution in [3.8, 4) is 0 Å². The van der Waals surface area contributed by atoms with Crippen LogP contribution >= 0.6 is 0 Å². The maximum atomic E-state index is 11.3. The molecule has 2 unspecified atom stereocenters. The first-order chi connectivity index (χ1) is 7.61. The molecule has 1 heterocycles. The molecule has 4 nitrogen and oxygen atoms in total. The Hall–Kier alpha value is -0.610. The molecule has 1 fully saturated rings. The number of amides is 1. The number of carbonyl (C=O) groups is 1. The average molecular weight is 228 g/mol. The van der Waals surface area contributed by atoms with E-state index in [9.17, 15) is 4.79 Å². The second-order valence-corrected chi connectivity index (χ2v) is 4.69. The van der Waals surface area contributed by atoms with Crippen LogP contribution in [0.2, 0.25) is 0 Å². The first kappa shape index (κ1) is 13.5. The van der Waals surface area contributed by atoms with E-state index < -0.39 is 0 Å². The number of nitrogens with one attached hydrogen (secondary N) is 1. The molecule has 16 heavy (non-hydrogen) atoms. The van der Waals surface area contributed by atoms with E-state index in [1.165, 1.54) is 6.42 Å². The molecule has 1 aliphatic rings. The first-order valence-electron chi connectivity index (χ1n) is 6.16. The fraction of sp³-hybridized carbons (Fsp3) is 0.917. The van der Waals surface area contributed by atoms with E-state index in [0.717, 1.165) is 19.4 Å². The van der Waals surface area contributed by atoms with Gasteiger partial charge in [0.05, 0.1) is 6.10 Å². The molecule has 0 saturated carbocycles. The van der Waals surface area contributed by atoms with Gasteiger partial charge in [-0.15, -0.1) is 0 Å². The lowest BCUT2D eigenvalue weighted by Gasteiger charge is -2.29. The second-order valence-electron chi connectivity index (χ2n) is 4.69. The van der Waals surface area contributed by atoms with Gasteiger partial charge in [0.15, 0.2) is 0 Å². The molecule has 0 aromatic rings. The summed E-state index contributed by atoms with van der Waals surface area (Å²) < 4.78 is 5.79. The van der Waals surface area contributed by atoms with Crippen molar-refractivity contribution in [3.63, 3.8) is 0 Å². The number of piperidine rings is 1. The summed E-state index contributed by atoms with van der Waals surface area (Å²) in [5, 5.41) is 3.40. The lowest BCUT2D eigenvalue weighted by Crippen LogP contribution is -2.44. The predicted octanol–water partition coefficient (Wildman–Crippen LogP) is 1.01. The van der Waals surface area contributed by atoms with Crippen LogP contribution in [0.25, 0.3) is 0 Å². The zero-order valence-electron chi connectivity index (χ0n) is 10.7. The highest BCUT2D eigenvalue weighted by Crippen LogP contribution is 2.12. The predicted molar refractivity (Wildman–Crippen MR) is 64.4 cm³/mol. The molecule has 0 aromatic heterocycles. The fourth-order valence-electron chi connectivity index (χ4n) is 1.92. The third-order valence-corrected chi connectivity index (χ3v) is 3.06. The van der Waals surface area contributed by atoms with Crippen LogP contribution in [0.5, 0.6) is 0 Å². The molecule has 1 amide bonds. The van der Waals surface area contributed by atoms with Gasteiger partial charge in [0.25, 0.3) is 0 Å². The Morgan fingerprint density at radius 3 is 2.88 bits per heavy atom. The van der Waals surface area contributed by atoms with Crippen molar-refractivity contribution in [1.82, 2.24) is 10.2 Å². The van der Waals surface area contributed by atoms with Gasteiger partial charge in [-0.25, -0.2) is 0 Å². The van der Waals surface area contributed by atoms with Crippen LogP contribution in [-0.2, 0) is 9.53 Å². The van der Waals surface area contributed by atoms with Gasteiger partial charge in [0.1, 0.15) is 0 Å². The monoisotopic (exact) mass is 228 g/mol. The fourth-order valence-corrected chi connectivity index (χ4v) is 1.92. The van der Waals surface area contributed by atoms with E-state index in [4.69, 9.17) is 4.74 Å². The normalized spacial score (nSPS) is 25.4. The number of ether oxygens (including phenoxy) is 1. The Balaban J connectivity index is 2.08. The van der Waals surface area contributed by atoms with Gasteiger partial charge in [-0.3, -0.25) is 4.79 Å². The number of nitrogens with zero attached hydrogens (tertiary/aromatic N) is 1. The molecule has 4 heteroatoms. The average Bonchev–Trinajstić information content (AvgIpc) is 2.26. The van der Waals surface area contributed by atoms with Gasteiger partial charge in [-0.2, -0.15) is 0 Å². The maximum Gasteiger partial charge on any atom is 0.222 e. The Morgan fingerprint density at radius 1 is 1.50 bits per heavy atom. The van der Waals surface area contributed by atoms with Gasteiger partial charge >= 0.3 is 0 Å². The van der Waals surface area contributed by atoms with Gasteiger partial charge in [0, 0.05) is 33.2 Å². The minimum atomic E-state index is 0.179. The minimum Gasteiger partial charge on any atom is -0.377 e. The molecular formula is C12H24N2O2. The molecule has 1 aliphatic heterocycles. The summed E-state index contributed by atoms with van der Waals surface area (Å²) in [4.78, 5) is 12.9. The summed E-state index contributed by atoms with van der Waals surface area (Å²) in [6.45, 7) is 3.95. The SMILES string of the molecule is CC1NCCCC1OCCCC(=O)N(C)C. The summed E-state index contributed by atoms with van der Waals surface area (Å²) >= 11 is 0. The molecule has 2 atom stereocenters. The third-order valence-electron chi connectivity index (χ3n) is 3.06. The molecule has 1 rings (SSSR count). The lowest BCUT2D eigenvalue weighted by molar-refractivity contribution is -0.129. The smallest absolute Gasteiger partial charge is 0.222 e. The van der Waals surface area contributed by atoms with Crippen molar-refractivity contribution in [2.24, 2.45) is 0 Å². The summed E-state index contributed by atoms with van der Waals surface area (Å²) in [5.74, 6) is 0.179. The van der Waals surface area contributed by atoms with Crippen molar-refractivity contribution in [2.45, 2.75) is 44.8 Å². The van der Waals surface area contributed by atoms with E-state index in [1.54, 1.807) is 19.0 Å². The molecular weight excluding hydrogens is 204 g/mol. The van der Waals surface area contributed by atoms with Crippen LogP contribution in [0, 0.1) is 0 Å². The summed E-state index contributed by atoms with van der Waals surface area (Å²) in [6.07, 6.45) is 4.05. The highest BCUT2D eigenvalue weighted by Gasteiger charge is 2.20.